The van der Waals surface area contributed by atoms with Crippen LogP contribution in [0.15, 0.2) is 35.3 Å². The number of piperidine rings is 1. The van der Waals surface area contributed by atoms with E-state index in [0.29, 0.717) is 35.4 Å². The number of carbonyl (C=O) groups is 1. The van der Waals surface area contributed by atoms with Gasteiger partial charge in [0.1, 0.15) is 5.52 Å². The van der Waals surface area contributed by atoms with Crippen molar-refractivity contribution in [3.63, 3.8) is 0 Å². The molecule has 1 saturated heterocycles. The Morgan fingerprint density at radius 1 is 1.14 bits per heavy atom. The first-order valence-corrected chi connectivity index (χ1v) is 10.7. The van der Waals surface area contributed by atoms with E-state index in [4.69, 9.17) is 0 Å². The maximum Gasteiger partial charge on any atom is 0.275 e. The van der Waals surface area contributed by atoms with Crippen LogP contribution in [-0.4, -0.2) is 33.0 Å². The predicted octanol–water partition coefficient (Wildman–Crippen LogP) is 4.27. The van der Waals surface area contributed by atoms with Crippen LogP contribution in [0.3, 0.4) is 0 Å². The second-order valence-electron chi connectivity index (χ2n) is 9.35. The average molecular weight is 394 g/mol. The van der Waals surface area contributed by atoms with E-state index < -0.39 is 0 Å². The lowest BCUT2D eigenvalue weighted by molar-refractivity contribution is 0.0624. The van der Waals surface area contributed by atoms with Crippen LogP contribution in [0.4, 0.5) is 0 Å². The van der Waals surface area contributed by atoms with E-state index in [1.807, 2.05) is 47.0 Å². The molecule has 29 heavy (non-hydrogen) atoms. The fourth-order valence-electron chi connectivity index (χ4n) is 5.02. The minimum atomic E-state index is -0.0238. The number of hydrogen-bond donors (Lipinski definition) is 0. The van der Waals surface area contributed by atoms with Crippen LogP contribution in [0.2, 0.25) is 0 Å². The lowest BCUT2D eigenvalue weighted by Crippen LogP contribution is -2.43. The normalized spacial score (nSPS) is 20.1. The molecule has 1 amide bonds. The molecule has 0 aliphatic carbocycles. The lowest BCUT2D eigenvalue weighted by atomic mass is 9.91. The molecule has 2 aromatic heterocycles. The van der Waals surface area contributed by atoms with Crippen molar-refractivity contribution in [2.45, 2.75) is 40.7 Å². The highest BCUT2D eigenvalue weighted by Crippen LogP contribution is 2.31. The van der Waals surface area contributed by atoms with Gasteiger partial charge in [-0.25, -0.2) is 0 Å². The fourth-order valence-corrected chi connectivity index (χ4v) is 5.02. The summed E-state index contributed by atoms with van der Waals surface area (Å²) >= 11 is 0. The summed E-state index contributed by atoms with van der Waals surface area (Å²) in [5.74, 6) is 1.35. The van der Waals surface area contributed by atoms with Gasteiger partial charge in [-0.15, -0.1) is 0 Å². The number of para-hydroxylation sites is 1. The van der Waals surface area contributed by atoms with E-state index in [1.165, 1.54) is 0 Å². The van der Waals surface area contributed by atoms with Crippen molar-refractivity contribution >= 4 is 27.7 Å². The third-order valence-corrected chi connectivity index (χ3v) is 6.07. The molecule has 3 heterocycles. The van der Waals surface area contributed by atoms with Crippen LogP contribution in [-0.2, 0) is 13.6 Å². The summed E-state index contributed by atoms with van der Waals surface area (Å²) < 4.78 is 3.68. The molecule has 154 valence electrons. The Hall–Kier alpha value is -2.56. The largest absolute Gasteiger partial charge is 0.339 e. The first-order chi connectivity index (χ1) is 13.8. The van der Waals surface area contributed by atoms with Crippen LogP contribution in [0.25, 0.3) is 21.8 Å². The zero-order chi connectivity index (χ0) is 20.9. The molecule has 0 radical (unpaired) electrons. The molecule has 3 aromatic rings. The summed E-state index contributed by atoms with van der Waals surface area (Å²) in [7, 11) is 1.92. The number of fused-ring (bicyclic) bond motifs is 3. The Labute approximate surface area is 171 Å². The molecule has 5 nitrogen and oxygen atoms in total. The number of aryl methyl sites for hydroxylation is 1. The van der Waals surface area contributed by atoms with Gasteiger partial charge in [-0.1, -0.05) is 45.9 Å². The monoisotopic (exact) mass is 393 g/mol. The molecule has 1 aliphatic heterocycles. The van der Waals surface area contributed by atoms with Gasteiger partial charge in [0, 0.05) is 49.2 Å². The Kier molecular flexibility index (Phi) is 5.01. The van der Waals surface area contributed by atoms with Gasteiger partial charge in [-0.3, -0.25) is 9.59 Å². The summed E-state index contributed by atoms with van der Waals surface area (Å²) in [4.78, 5) is 29.0. The molecule has 1 aromatic carbocycles. The topological polar surface area (TPSA) is 47.2 Å². The number of benzene rings is 1. The Bertz CT molecular complexity index is 1130. The van der Waals surface area contributed by atoms with Gasteiger partial charge in [0.25, 0.3) is 11.5 Å². The molecule has 0 saturated carbocycles. The highest BCUT2D eigenvalue weighted by atomic mass is 16.2. The van der Waals surface area contributed by atoms with Crippen LogP contribution in [0.5, 0.6) is 0 Å². The molecule has 5 heteroatoms. The van der Waals surface area contributed by atoms with Gasteiger partial charge in [0.05, 0.1) is 5.56 Å². The summed E-state index contributed by atoms with van der Waals surface area (Å²) in [6.07, 6.45) is 2.96. The maximum atomic E-state index is 13.7. The summed E-state index contributed by atoms with van der Waals surface area (Å²) in [6, 6.07) is 7.98. The standard InChI is InChI=1S/C24H31N3O2/c1-15(2)11-26-14-19(23(28)27-12-16(3)10-17(4)13-27)21-18-8-6-7-9-20(18)25(5)22(21)24(26)29/h6-9,14-17H,10-13H2,1-5H3/t16-,17-/m0/s1. The third kappa shape index (κ3) is 3.37. The summed E-state index contributed by atoms with van der Waals surface area (Å²) in [6.45, 7) is 10.8. The second kappa shape index (κ2) is 7.36. The predicted molar refractivity (Wildman–Crippen MR) is 118 cm³/mol. The van der Waals surface area contributed by atoms with E-state index >= 15 is 0 Å². The highest BCUT2D eigenvalue weighted by Gasteiger charge is 2.29. The van der Waals surface area contributed by atoms with Gasteiger partial charge in [-0.05, 0) is 30.2 Å². The molecule has 0 N–H and O–H groups in total. The van der Waals surface area contributed by atoms with Crippen LogP contribution in [0, 0.1) is 17.8 Å². The van der Waals surface area contributed by atoms with Crippen molar-refractivity contribution in [1.82, 2.24) is 14.0 Å². The van der Waals surface area contributed by atoms with Crippen molar-refractivity contribution in [2.24, 2.45) is 24.8 Å². The second-order valence-corrected chi connectivity index (χ2v) is 9.35. The minimum absolute atomic E-state index is 0.0238. The van der Waals surface area contributed by atoms with E-state index in [9.17, 15) is 9.59 Å². The van der Waals surface area contributed by atoms with Crippen LogP contribution < -0.4 is 5.56 Å². The molecular formula is C24H31N3O2. The van der Waals surface area contributed by atoms with Crippen LogP contribution >= 0.6 is 0 Å². The van der Waals surface area contributed by atoms with E-state index in [2.05, 4.69) is 27.7 Å². The molecule has 0 bridgehead atoms. The molecule has 1 aliphatic rings. The zero-order valence-electron chi connectivity index (χ0n) is 18.1. The molecule has 0 unspecified atom stereocenters. The Morgan fingerprint density at radius 2 is 1.79 bits per heavy atom. The number of amides is 1. The summed E-state index contributed by atoms with van der Waals surface area (Å²) in [5.41, 5.74) is 2.23. The van der Waals surface area contributed by atoms with Gasteiger partial charge in [0.15, 0.2) is 0 Å². The molecule has 4 rings (SSSR count). The first kappa shape index (κ1) is 19.7. The maximum absolute atomic E-state index is 13.7. The summed E-state index contributed by atoms with van der Waals surface area (Å²) in [5, 5.41) is 1.77. The van der Waals surface area contributed by atoms with E-state index in [-0.39, 0.29) is 11.5 Å². The smallest absolute Gasteiger partial charge is 0.275 e. The van der Waals surface area contributed by atoms with Crippen molar-refractivity contribution in [2.75, 3.05) is 13.1 Å². The van der Waals surface area contributed by atoms with Crippen LogP contribution in [0.1, 0.15) is 44.5 Å². The third-order valence-electron chi connectivity index (χ3n) is 6.07. The number of pyridine rings is 1. The zero-order valence-corrected chi connectivity index (χ0v) is 18.1. The van der Waals surface area contributed by atoms with Crippen molar-refractivity contribution in [3.8, 4) is 0 Å². The number of likely N-dealkylation sites (tertiary alicyclic amines) is 1. The number of rotatable bonds is 3. The first-order valence-electron chi connectivity index (χ1n) is 10.7. The van der Waals surface area contributed by atoms with Crippen molar-refractivity contribution < 1.29 is 4.79 Å². The van der Waals surface area contributed by atoms with Crippen molar-refractivity contribution in [1.29, 1.82) is 0 Å². The SMILES string of the molecule is CC(C)Cn1cc(C(=O)N2C[C@@H](C)C[C@H](C)C2)c2c3ccccc3n(C)c2c1=O. The van der Waals surface area contributed by atoms with Crippen molar-refractivity contribution in [3.05, 3.63) is 46.4 Å². The number of hydrogen-bond acceptors (Lipinski definition) is 2. The quantitative estimate of drug-likeness (QED) is 0.667. The highest BCUT2D eigenvalue weighted by molar-refractivity contribution is 6.17. The Balaban J connectivity index is 1.99. The number of nitrogens with zero attached hydrogens (tertiary/aromatic N) is 3. The molecule has 2 atom stereocenters. The fraction of sp³-hybridized carbons (Fsp3) is 0.500. The van der Waals surface area contributed by atoms with E-state index in [1.54, 1.807) is 4.57 Å². The van der Waals surface area contributed by atoms with Gasteiger partial charge in [-0.2, -0.15) is 0 Å². The molecule has 0 spiro atoms. The van der Waals surface area contributed by atoms with Gasteiger partial charge < -0.3 is 14.0 Å². The minimum Gasteiger partial charge on any atom is -0.339 e. The lowest BCUT2D eigenvalue weighted by Gasteiger charge is -2.35. The Morgan fingerprint density at radius 3 is 2.45 bits per heavy atom. The molecular weight excluding hydrogens is 362 g/mol. The average Bonchev–Trinajstić information content (AvgIpc) is 2.96. The molecule has 1 fully saturated rings. The van der Waals surface area contributed by atoms with Gasteiger partial charge >= 0.3 is 0 Å². The van der Waals surface area contributed by atoms with E-state index in [0.717, 1.165) is 35.8 Å². The number of carbonyl (C=O) groups excluding carboxylic acids is 1. The van der Waals surface area contributed by atoms with Gasteiger partial charge in [0.2, 0.25) is 0 Å². The number of aromatic nitrogens is 2.